The highest BCUT2D eigenvalue weighted by Crippen LogP contribution is 2.31. The molecule has 0 saturated heterocycles. The van der Waals surface area contributed by atoms with E-state index < -0.39 is 9.84 Å². The number of benzene rings is 1. The third kappa shape index (κ3) is 3.81. The van der Waals surface area contributed by atoms with Crippen molar-refractivity contribution in [3.8, 4) is 6.07 Å². The van der Waals surface area contributed by atoms with Gasteiger partial charge in [-0.15, -0.1) is 0 Å². The molecular formula is C15H21NO2S. The fraction of sp³-hybridized carbons (Fsp3) is 0.533. The summed E-state index contributed by atoms with van der Waals surface area (Å²) in [6.07, 6.45) is 1.39. The number of hydrogen-bond acceptors (Lipinski definition) is 3. The third-order valence-electron chi connectivity index (χ3n) is 3.67. The number of nitrogens with zero attached hydrogens (tertiary/aromatic N) is 1. The van der Waals surface area contributed by atoms with Crippen molar-refractivity contribution in [1.82, 2.24) is 0 Å². The summed E-state index contributed by atoms with van der Waals surface area (Å²) in [5.74, 6) is 0.559. The van der Waals surface area contributed by atoms with Crippen LogP contribution < -0.4 is 0 Å². The highest BCUT2D eigenvalue weighted by atomic mass is 32.2. The smallest absolute Gasteiger partial charge is 0.178 e. The molecule has 0 saturated carbocycles. The molecule has 0 N–H and O–H groups in total. The number of rotatable bonds is 6. The summed E-state index contributed by atoms with van der Waals surface area (Å²) in [5.41, 5.74) is 0.949. The molecule has 4 heteroatoms. The van der Waals surface area contributed by atoms with Crippen LogP contribution in [0.1, 0.15) is 45.1 Å². The monoisotopic (exact) mass is 279 g/mol. The third-order valence-corrected chi connectivity index (χ3v) is 5.40. The SMILES string of the molecule is CCC(C)C(CC#N)c1cccc(S(=O)(=O)CC)c1. The molecule has 2 unspecified atom stereocenters. The Bertz CT molecular complexity index is 558. The fourth-order valence-electron chi connectivity index (χ4n) is 2.14. The first-order valence-corrected chi connectivity index (χ1v) is 8.31. The molecule has 19 heavy (non-hydrogen) atoms. The highest BCUT2D eigenvalue weighted by molar-refractivity contribution is 7.91. The lowest BCUT2D eigenvalue weighted by atomic mass is 9.84. The minimum atomic E-state index is -3.18. The van der Waals surface area contributed by atoms with Crippen LogP contribution >= 0.6 is 0 Å². The van der Waals surface area contributed by atoms with Gasteiger partial charge in [-0.25, -0.2) is 8.42 Å². The lowest BCUT2D eigenvalue weighted by Gasteiger charge is -2.21. The normalized spacial score (nSPS) is 14.6. The predicted molar refractivity (Wildman–Crippen MR) is 76.6 cm³/mol. The van der Waals surface area contributed by atoms with Gasteiger partial charge in [0.1, 0.15) is 0 Å². The van der Waals surface area contributed by atoms with Gasteiger partial charge in [-0.1, -0.05) is 39.3 Å². The Morgan fingerprint density at radius 1 is 1.32 bits per heavy atom. The molecule has 0 heterocycles. The van der Waals surface area contributed by atoms with Crippen molar-refractivity contribution < 1.29 is 8.42 Å². The molecule has 0 radical (unpaired) electrons. The fourth-order valence-corrected chi connectivity index (χ4v) is 3.07. The molecule has 3 nitrogen and oxygen atoms in total. The van der Waals surface area contributed by atoms with E-state index in [9.17, 15) is 8.42 Å². The van der Waals surface area contributed by atoms with E-state index in [1.54, 1.807) is 25.1 Å². The largest absolute Gasteiger partial charge is 0.224 e. The van der Waals surface area contributed by atoms with Crippen LogP contribution in [0.2, 0.25) is 0 Å². The van der Waals surface area contributed by atoms with Crippen molar-refractivity contribution in [3.63, 3.8) is 0 Å². The maximum absolute atomic E-state index is 11.9. The van der Waals surface area contributed by atoms with Gasteiger partial charge in [-0.05, 0) is 29.5 Å². The first-order chi connectivity index (χ1) is 8.96. The number of nitriles is 1. The van der Waals surface area contributed by atoms with Crippen LogP contribution in [0.15, 0.2) is 29.2 Å². The van der Waals surface area contributed by atoms with Gasteiger partial charge in [-0.2, -0.15) is 5.26 Å². The van der Waals surface area contributed by atoms with Crippen LogP contribution in [0.3, 0.4) is 0 Å². The first kappa shape index (κ1) is 15.7. The molecule has 0 aliphatic carbocycles. The summed E-state index contributed by atoms with van der Waals surface area (Å²) in [4.78, 5) is 0.360. The van der Waals surface area contributed by atoms with Crippen LogP contribution in [-0.2, 0) is 9.84 Å². The Balaban J connectivity index is 3.20. The van der Waals surface area contributed by atoms with Crippen molar-refractivity contribution in [2.75, 3.05) is 5.75 Å². The van der Waals surface area contributed by atoms with Gasteiger partial charge in [0.25, 0.3) is 0 Å². The van der Waals surface area contributed by atoms with Crippen molar-refractivity contribution in [3.05, 3.63) is 29.8 Å². The standard InChI is InChI=1S/C15H21NO2S/c1-4-12(3)15(9-10-16)13-7-6-8-14(11-13)19(17,18)5-2/h6-8,11-12,15H,4-5,9H2,1-3H3. The molecule has 0 amide bonds. The molecule has 1 rings (SSSR count). The molecule has 1 aromatic rings. The van der Waals surface area contributed by atoms with Gasteiger partial charge >= 0.3 is 0 Å². The topological polar surface area (TPSA) is 57.9 Å². The maximum atomic E-state index is 11.9. The lowest BCUT2D eigenvalue weighted by molar-refractivity contribution is 0.450. The van der Waals surface area contributed by atoms with Crippen LogP contribution in [0, 0.1) is 17.2 Å². The van der Waals surface area contributed by atoms with E-state index in [0.717, 1.165) is 12.0 Å². The quantitative estimate of drug-likeness (QED) is 0.800. The van der Waals surface area contributed by atoms with E-state index in [1.807, 2.05) is 6.07 Å². The van der Waals surface area contributed by atoms with Gasteiger partial charge in [0.2, 0.25) is 0 Å². The highest BCUT2D eigenvalue weighted by Gasteiger charge is 2.20. The van der Waals surface area contributed by atoms with Gasteiger partial charge in [0, 0.05) is 6.42 Å². The minimum absolute atomic E-state index is 0.0991. The van der Waals surface area contributed by atoms with Crippen molar-refractivity contribution in [1.29, 1.82) is 5.26 Å². The van der Waals surface area contributed by atoms with Crippen molar-refractivity contribution in [2.24, 2.45) is 5.92 Å². The van der Waals surface area contributed by atoms with Crippen molar-refractivity contribution in [2.45, 2.75) is 44.4 Å². The summed E-state index contributed by atoms with van der Waals surface area (Å²) >= 11 is 0. The number of hydrogen-bond donors (Lipinski definition) is 0. The maximum Gasteiger partial charge on any atom is 0.178 e. The second kappa shape index (κ2) is 6.72. The van der Waals surface area contributed by atoms with Gasteiger partial charge in [0.05, 0.1) is 16.7 Å². The summed E-state index contributed by atoms with van der Waals surface area (Å²) < 4.78 is 23.8. The molecule has 0 fully saturated rings. The average molecular weight is 279 g/mol. The summed E-state index contributed by atoms with van der Waals surface area (Å²) in [6.45, 7) is 5.83. The lowest BCUT2D eigenvalue weighted by Crippen LogP contribution is -2.10. The van der Waals surface area contributed by atoms with E-state index in [4.69, 9.17) is 5.26 Å². The molecular weight excluding hydrogens is 258 g/mol. The molecule has 1 aromatic carbocycles. The summed E-state index contributed by atoms with van der Waals surface area (Å²) in [7, 11) is -3.18. The molecule has 2 atom stereocenters. The Hall–Kier alpha value is -1.34. The zero-order chi connectivity index (χ0) is 14.5. The van der Waals surface area contributed by atoms with Crippen LogP contribution in [0.5, 0.6) is 0 Å². The Morgan fingerprint density at radius 3 is 2.53 bits per heavy atom. The molecule has 104 valence electrons. The Morgan fingerprint density at radius 2 is 2.00 bits per heavy atom. The van der Waals surface area contributed by atoms with Crippen LogP contribution in [0.25, 0.3) is 0 Å². The molecule has 0 aromatic heterocycles. The van der Waals surface area contributed by atoms with Crippen molar-refractivity contribution >= 4 is 9.84 Å². The van der Waals surface area contributed by atoms with E-state index in [2.05, 4.69) is 19.9 Å². The van der Waals surface area contributed by atoms with E-state index in [0.29, 0.717) is 17.2 Å². The van der Waals surface area contributed by atoms with Crippen LogP contribution in [0.4, 0.5) is 0 Å². The molecule has 0 bridgehead atoms. The van der Waals surface area contributed by atoms with Crippen LogP contribution in [-0.4, -0.2) is 14.2 Å². The minimum Gasteiger partial charge on any atom is -0.224 e. The molecule has 0 spiro atoms. The molecule has 0 aliphatic rings. The Labute approximate surface area is 116 Å². The summed E-state index contributed by atoms with van der Waals surface area (Å²) in [5, 5.41) is 8.95. The summed E-state index contributed by atoms with van der Waals surface area (Å²) in [6, 6.07) is 9.25. The van der Waals surface area contributed by atoms with Gasteiger partial charge < -0.3 is 0 Å². The van der Waals surface area contributed by atoms with Gasteiger partial charge in [0.15, 0.2) is 9.84 Å². The predicted octanol–water partition coefficient (Wildman–Crippen LogP) is 3.52. The Kier molecular flexibility index (Phi) is 5.56. The average Bonchev–Trinajstić information content (AvgIpc) is 2.44. The van der Waals surface area contributed by atoms with E-state index >= 15 is 0 Å². The first-order valence-electron chi connectivity index (χ1n) is 6.65. The van der Waals surface area contributed by atoms with E-state index in [-0.39, 0.29) is 11.7 Å². The second-order valence-electron chi connectivity index (χ2n) is 4.83. The molecule has 0 aliphatic heterocycles. The number of sulfone groups is 1. The zero-order valence-corrected chi connectivity index (χ0v) is 12.6. The van der Waals surface area contributed by atoms with E-state index in [1.165, 1.54) is 0 Å². The zero-order valence-electron chi connectivity index (χ0n) is 11.8. The van der Waals surface area contributed by atoms with Gasteiger partial charge in [-0.3, -0.25) is 0 Å². The second-order valence-corrected chi connectivity index (χ2v) is 7.11.